The minimum absolute atomic E-state index is 0.0387. The maximum atomic E-state index is 12.5. The Bertz CT molecular complexity index is 453. The predicted molar refractivity (Wildman–Crippen MR) is 78.6 cm³/mol. The third-order valence-corrected chi connectivity index (χ3v) is 3.47. The Hall–Kier alpha value is -1.84. The third kappa shape index (κ3) is 4.37. The molecule has 1 amide bonds. The SMILES string of the molecule is CCC(C)N(CCC(=O)OC)C(=O)c1ccc(C)cc1. The number of ether oxygens (including phenoxy) is 1. The highest BCUT2D eigenvalue weighted by Crippen LogP contribution is 2.12. The molecule has 1 rings (SSSR count). The molecule has 0 saturated carbocycles. The first-order valence-electron chi connectivity index (χ1n) is 6.94. The van der Waals surface area contributed by atoms with Crippen molar-refractivity contribution in [2.24, 2.45) is 0 Å². The molecule has 0 aromatic heterocycles. The minimum atomic E-state index is -0.296. The Balaban J connectivity index is 2.84. The van der Waals surface area contributed by atoms with E-state index in [1.165, 1.54) is 7.11 Å². The molecule has 0 N–H and O–H groups in total. The van der Waals surface area contributed by atoms with Gasteiger partial charge in [0.05, 0.1) is 13.5 Å². The van der Waals surface area contributed by atoms with Crippen molar-refractivity contribution in [2.45, 2.75) is 39.7 Å². The highest BCUT2D eigenvalue weighted by molar-refractivity contribution is 5.94. The largest absolute Gasteiger partial charge is 0.469 e. The van der Waals surface area contributed by atoms with Crippen LogP contribution in [0.15, 0.2) is 24.3 Å². The minimum Gasteiger partial charge on any atom is -0.469 e. The Kier molecular flexibility index (Phi) is 6.22. The smallest absolute Gasteiger partial charge is 0.307 e. The lowest BCUT2D eigenvalue weighted by Gasteiger charge is -2.28. The number of carbonyl (C=O) groups excluding carboxylic acids is 2. The van der Waals surface area contributed by atoms with Crippen molar-refractivity contribution in [1.29, 1.82) is 0 Å². The van der Waals surface area contributed by atoms with E-state index in [0.717, 1.165) is 12.0 Å². The summed E-state index contributed by atoms with van der Waals surface area (Å²) < 4.78 is 4.64. The molecule has 1 unspecified atom stereocenters. The lowest BCUT2D eigenvalue weighted by atomic mass is 10.1. The molecule has 0 radical (unpaired) electrons. The van der Waals surface area contributed by atoms with Crippen LogP contribution in [0.4, 0.5) is 0 Å². The summed E-state index contributed by atoms with van der Waals surface area (Å²) in [5, 5.41) is 0. The molecule has 1 atom stereocenters. The molecule has 1 aromatic rings. The molecule has 0 spiro atoms. The molecule has 0 saturated heterocycles. The van der Waals surface area contributed by atoms with Crippen LogP contribution in [0.5, 0.6) is 0 Å². The van der Waals surface area contributed by atoms with Gasteiger partial charge in [-0.2, -0.15) is 0 Å². The first kappa shape index (κ1) is 16.2. The van der Waals surface area contributed by atoms with Crippen molar-refractivity contribution < 1.29 is 14.3 Å². The second kappa shape index (κ2) is 7.68. The van der Waals surface area contributed by atoms with Crippen molar-refractivity contribution in [3.63, 3.8) is 0 Å². The fraction of sp³-hybridized carbons (Fsp3) is 0.500. The molecule has 0 heterocycles. The zero-order valence-electron chi connectivity index (χ0n) is 12.7. The Labute approximate surface area is 120 Å². The molecule has 1 aromatic carbocycles. The summed E-state index contributed by atoms with van der Waals surface area (Å²) in [6, 6.07) is 7.58. The van der Waals surface area contributed by atoms with Gasteiger partial charge in [0.15, 0.2) is 0 Å². The number of aryl methyl sites for hydroxylation is 1. The number of hydrogen-bond donors (Lipinski definition) is 0. The summed E-state index contributed by atoms with van der Waals surface area (Å²) in [5.74, 6) is -0.335. The number of methoxy groups -OCH3 is 1. The maximum Gasteiger partial charge on any atom is 0.307 e. The van der Waals surface area contributed by atoms with Crippen molar-refractivity contribution in [3.8, 4) is 0 Å². The van der Waals surface area contributed by atoms with E-state index in [4.69, 9.17) is 0 Å². The van der Waals surface area contributed by atoms with Crippen LogP contribution in [-0.4, -0.2) is 36.5 Å². The number of amides is 1. The number of hydrogen-bond acceptors (Lipinski definition) is 3. The summed E-state index contributed by atoms with van der Waals surface area (Å²) >= 11 is 0. The average molecular weight is 277 g/mol. The van der Waals surface area contributed by atoms with E-state index in [1.54, 1.807) is 4.90 Å². The number of benzene rings is 1. The molecule has 4 nitrogen and oxygen atoms in total. The quantitative estimate of drug-likeness (QED) is 0.751. The van der Waals surface area contributed by atoms with E-state index in [0.29, 0.717) is 12.1 Å². The van der Waals surface area contributed by atoms with Gasteiger partial charge in [0.25, 0.3) is 5.91 Å². The van der Waals surface area contributed by atoms with Crippen LogP contribution >= 0.6 is 0 Å². The van der Waals surface area contributed by atoms with E-state index < -0.39 is 0 Å². The van der Waals surface area contributed by atoms with Gasteiger partial charge < -0.3 is 9.64 Å². The Morgan fingerprint density at radius 1 is 1.25 bits per heavy atom. The highest BCUT2D eigenvalue weighted by Gasteiger charge is 2.21. The van der Waals surface area contributed by atoms with Gasteiger partial charge in [-0.05, 0) is 32.4 Å². The van der Waals surface area contributed by atoms with E-state index >= 15 is 0 Å². The number of nitrogens with zero attached hydrogens (tertiary/aromatic N) is 1. The molecule has 0 fully saturated rings. The van der Waals surface area contributed by atoms with E-state index in [-0.39, 0.29) is 24.3 Å². The van der Waals surface area contributed by atoms with Crippen LogP contribution in [0, 0.1) is 6.92 Å². The molecule has 110 valence electrons. The molecule has 0 aliphatic carbocycles. The summed E-state index contributed by atoms with van der Waals surface area (Å²) in [4.78, 5) is 25.5. The van der Waals surface area contributed by atoms with Gasteiger partial charge in [-0.25, -0.2) is 0 Å². The molecule has 20 heavy (non-hydrogen) atoms. The summed E-state index contributed by atoms with van der Waals surface area (Å²) in [5.41, 5.74) is 1.77. The topological polar surface area (TPSA) is 46.6 Å². The fourth-order valence-corrected chi connectivity index (χ4v) is 1.92. The molecule has 0 bridgehead atoms. The summed E-state index contributed by atoms with van der Waals surface area (Å²) in [6.07, 6.45) is 1.07. The number of rotatable bonds is 6. The second-order valence-electron chi connectivity index (χ2n) is 4.95. The third-order valence-electron chi connectivity index (χ3n) is 3.47. The van der Waals surface area contributed by atoms with Gasteiger partial charge in [0.2, 0.25) is 0 Å². The molecule has 0 aliphatic rings. The summed E-state index contributed by atoms with van der Waals surface area (Å²) in [6.45, 7) is 6.38. The maximum absolute atomic E-state index is 12.5. The van der Waals surface area contributed by atoms with Crippen molar-refractivity contribution >= 4 is 11.9 Å². The average Bonchev–Trinajstić information content (AvgIpc) is 2.47. The predicted octanol–water partition coefficient (Wildman–Crippen LogP) is 2.80. The Morgan fingerprint density at radius 2 is 1.85 bits per heavy atom. The van der Waals surface area contributed by atoms with Gasteiger partial charge in [0.1, 0.15) is 0 Å². The highest BCUT2D eigenvalue weighted by atomic mass is 16.5. The van der Waals surface area contributed by atoms with E-state index in [2.05, 4.69) is 4.74 Å². The van der Waals surface area contributed by atoms with Crippen LogP contribution in [0.25, 0.3) is 0 Å². The lowest BCUT2D eigenvalue weighted by molar-refractivity contribution is -0.140. The first-order valence-corrected chi connectivity index (χ1v) is 6.94. The number of esters is 1. The van der Waals surface area contributed by atoms with Gasteiger partial charge in [-0.3, -0.25) is 9.59 Å². The van der Waals surface area contributed by atoms with Crippen LogP contribution < -0.4 is 0 Å². The molecule has 4 heteroatoms. The van der Waals surface area contributed by atoms with Crippen LogP contribution in [0.3, 0.4) is 0 Å². The van der Waals surface area contributed by atoms with Gasteiger partial charge >= 0.3 is 5.97 Å². The van der Waals surface area contributed by atoms with Crippen LogP contribution in [0.1, 0.15) is 42.6 Å². The lowest BCUT2D eigenvalue weighted by Crippen LogP contribution is -2.39. The van der Waals surface area contributed by atoms with Gasteiger partial charge in [-0.1, -0.05) is 24.6 Å². The van der Waals surface area contributed by atoms with Gasteiger partial charge in [-0.15, -0.1) is 0 Å². The second-order valence-corrected chi connectivity index (χ2v) is 4.95. The monoisotopic (exact) mass is 277 g/mol. The van der Waals surface area contributed by atoms with Crippen molar-refractivity contribution in [2.75, 3.05) is 13.7 Å². The normalized spacial score (nSPS) is 11.8. The van der Waals surface area contributed by atoms with E-state index in [9.17, 15) is 9.59 Å². The standard InChI is InChI=1S/C16H23NO3/c1-5-13(3)17(11-10-15(18)20-4)16(19)14-8-6-12(2)7-9-14/h6-9,13H,5,10-11H2,1-4H3. The van der Waals surface area contributed by atoms with Crippen molar-refractivity contribution in [3.05, 3.63) is 35.4 Å². The molecular weight excluding hydrogens is 254 g/mol. The summed E-state index contributed by atoms with van der Waals surface area (Å²) in [7, 11) is 1.36. The number of carbonyl (C=O) groups is 2. The molecule has 0 aliphatic heterocycles. The van der Waals surface area contributed by atoms with Gasteiger partial charge in [0, 0.05) is 18.2 Å². The molecular formula is C16H23NO3. The fourth-order valence-electron chi connectivity index (χ4n) is 1.92. The first-order chi connectivity index (χ1) is 9.49. The Morgan fingerprint density at radius 3 is 2.35 bits per heavy atom. The zero-order valence-corrected chi connectivity index (χ0v) is 12.7. The van der Waals surface area contributed by atoms with Crippen LogP contribution in [-0.2, 0) is 9.53 Å². The van der Waals surface area contributed by atoms with E-state index in [1.807, 2.05) is 45.0 Å². The zero-order chi connectivity index (χ0) is 15.1. The van der Waals surface area contributed by atoms with Crippen LogP contribution in [0.2, 0.25) is 0 Å². The van der Waals surface area contributed by atoms with Crippen molar-refractivity contribution in [1.82, 2.24) is 4.90 Å².